The Bertz CT molecular complexity index is 1110. The molecule has 270 valence electrons. The van der Waals surface area contributed by atoms with Crippen LogP contribution in [-0.4, -0.2) is 177 Å². The molecular formula is C24H40N4O18S. The second-order valence-electron chi connectivity index (χ2n) is 10.2. The summed E-state index contributed by atoms with van der Waals surface area (Å²) in [6.45, 7) is -1.20. The van der Waals surface area contributed by atoms with Gasteiger partial charge in [0.1, 0.15) is 60.8 Å². The van der Waals surface area contributed by atoms with Crippen LogP contribution in [-0.2, 0) is 33.6 Å². The third-order valence-corrected chi connectivity index (χ3v) is 6.82. The average molecular weight is 705 g/mol. The summed E-state index contributed by atoms with van der Waals surface area (Å²) in [5.74, 6) is -12.6. The quantitative estimate of drug-likeness (QED) is 0.0465. The van der Waals surface area contributed by atoms with Gasteiger partial charge in [0.15, 0.2) is 0 Å². The van der Waals surface area contributed by atoms with Gasteiger partial charge in [-0.25, -0.2) is 9.59 Å². The highest BCUT2D eigenvalue weighted by molar-refractivity contribution is 7.80. The lowest BCUT2D eigenvalue weighted by Gasteiger charge is -2.30. The Labute approximate surface area is 270 Å². The predicted octanol–water partition coefficient (Wildman–Crippen LogP) is -8.32. The summed E-state index contributed by atoms with van der Waals surface area (Å²) in [7, 11) is 0. The molecule has 0 spiro atoms. The monoisotopic (exact) mass is 704 g/mol. The number of thiol groups is 1. The van der Waals surface area contributed by atoms with Crippen molar-refractivity contribution in [1.29, 1.82) is 0 Å². The minimum absolute atomic E-state index is 0.504. The van der Waals surface area contributed by atoms with E-state index in [4.69, 9.17) is 20.4 Å². The zero-order valence-corrected chi connectivity index (χ0v) is 25.5. The molecule has 0 fully saturated rings. The van der Waals surface area contributed by atoms with Gasteiger partial charge in [0.25, 0.3) is 0 Å². The van der Waals surface area contributed by atoms with E-state index in [1.54, 1.807) is 10.6 Å². The first kappa shape index (κ1) is 43.3. The normalized spacial score (nSPS) is 18.3. The number of rotatable bonds is 22. The van der Waals surface area contributed by atoms with Gasteiger partial charge in [-0.15, -0.1) is 0 Å². The lowest BCUT2D eigenvalue weighted by molar-refractivity contribution is -0.148. The van der Waals surface area contributed by atoms with E-state index in [1.807, 2.05) is 10.6 Å². The summed E-state index contributed by atoms with van der Waals surface area (Å²) in [6.07, 6.45) is -15.8. The molecule has 22 nitrogen and oxygen atoms in total. The second kappa shape index (κ2) is 20.5. The van der Waals surface area contributed by atoms with Gasteiger partial charge in [-0.3, -0.25) is 24.0 Å². The van der Waals surface area contributed by atoms with Crippen molar-refractivity contribution in [2.45, 2.75) is 80.6 Å². The first-order valence-corrected chi connectivity index (χ1v) is 14.2. The number of hydrogen-bond acceptors (Lipinski definition) is 16. The molecular weight excluding hydrogens is 664 g/mol. The molecule has 4 amide bonds. The van der Waals surface area contributed by atoms with Crippen LogP contribution in [0.5, 0.6) is 0 Å². The highest BCUT2D eigenvalue weighted by atomic mass is 32.1. The van der Waals surface area contributed by atoms with E-state index in [-0.39, 0.29) is 0 Å². The molecule has 11 atom stereocenters. The van der Waals surface area contributed by atoms with Crippen LogP contribution in [0.15, 0.2) is 0 Å². The lowest BCUT2D eigenvalue weighted by atomic mass is 9.98. The Morgan fingerprint density at radius 3 is 1.23 bits per heavy atom. The number of aliphatic hydroxyl groups is 8. The molecule has 0 radical (unpaired) electrons. The largest absolute Gasteiger partial charge is 0.481 e. The summed E-state index contributed by atoms with van der Waals surface area (Å²) < 4.78 is 0. The van der Waals surface area contributed by atoms with E-state index in [2.05, 4.69) is 12.6 Å². The summed E-state index contributed by atoms with van der Waals surface area (Å²) in [4.78, 5) is 85.2. The highest BCUT2D eigenvalue weighted by Gasteiger charge is 2.41. The first-order chi connectivity index (χ1) is 21.7. The van der Waals surface area contributed by atoms with Crippen LogP contribution >= 0.6 is 12.6 Å². The van der Waals surface area contributed by atoms with Crippen molar-refractivity contribution >= 4 is 54.2 Å². The van der Waals surface area contributed by atoms with Gasteiger partial charge in [0, 0.05) is 12.2 Å². The maximum Gasteiger partial charge on any atom is 0.327 e. The summed E-state index contributed by atoms with van der Waals surface area (Å²) in [6, 6.07) is -8.63. The number of amides is 4. The van der Waals surface area contributed by atoms with Gasteiger partial charge in [0.05, 0.1) is 25.6 Å². The van der Waals surface area contributed by atoms with Crippen LogP contribution in [0.2, 0.25) is 0 Å². The molecule has 0 aliphatic heterocycles. The number of hydrogen-bond donors (Lipinski definition) is 16. The van der Waals surface area contributed by atoms with E-state index in [0.29, 0.717) is 0 Å². The maximum absolute atomic E-state index is 13.0. The summed E-state index contributed by atoms with van der Waals surface area (Å²) in [5.41, 5.74) is 0. The molecule has 0 aromatic heterocycles. The number of nitrogens with one attached hydrogen (secondary N) is 4. The van der Waals surface area contributed by atoms with Crippen molar-refractivity contribution in [2.24, 2.45) is 5.92 Å². The Balaban J connectivity index is 6.21. The van der Waals surface area contributed by atoms with Gasteiger partial charge in [-0.2, -0.15) is 12.6 Å². The van der Waals surface area contributed by atoms with E-state index < -0.39 is 140 Å². The minimum atomic E-state index is -2.46. The molecule has 0 aliphatic carbocycles. The molecule has 0 bridgehead atoms. The van der Waals surface area contributed by atoms with Crippen LogP contribution < -0.4 is 21.3 Å². The second-order valence-corrected chi connectivity index (χ2v) is 10.5. The number of aliphatic carboxylic acids is 3. The summed E-state index contributed by atoms with van der Waals surface area (Å²) >= 11 is 3.73. The van der Waals surface area contributed by atoms with E-state index >= 15 is 0 Å². The molecule has 0 heterocycles. The van der Waals surface area contributed by atoms with Crippen molar-refractivity contribution in [2.75, 3.05) is 19.0 Å². The fraction of sp³-hybridized carbons (Fsp3) is 0.708. The Morgan fingerprint density at radius 1 is 0.553 bits per heavy atom. The smallest absolute Gasteiger partial charge is 0.327 e. The molecule has 47 heavy (non-hydrogen) atoms. The number of carboxylic acids is 3. The van der Waals surface area contributed by atoms with Crippen molar-refractivity contribution in [3.05, 3.63) is 0 Å². The summed E-state index contributed by atoms with van der Waals surface area (Å²) in [5, 5.41) is 113. The van der Waals surface area contributed by atoms with Gasteiger partial charge in [-0.05, 0) is 0 Å². The third kappa shape index (κ3) is 13.9. The van der Waals surface area contributed by atoms with Gasteiger partial charge >= 0.3 is 17.9 Å². The van der Waals surface area contributed by atoms with Crippen LogP contribution in [0.3, 0.4) is 0 Å². The van der Waals surface area contributed by atoms with E-state index in [0.717, 1.165) is 6.92 Å². The van der Waals surface area contributed by atoms with E-state index in [1.165, 1.54) is 0 Å². The van der Waals surface area contributed by atoms with Crippen molar-refractivity contribution < 1.29 is 89.7 Å². The molecule has 0 aliphatic rings. The first-order valence-electron chi connectivity index (χ1n) is 13.5. The maximum atomic E-state index is 13.0. The van der Waals surface area contributed by atoms with Crippen molar-refractivity contribution in [1.82, 2.24) is 21.3 Å². The van der Waals surface area contributed by atoms with Crippen LogP contribution in [0.25, 0.3) is 0 Å². The molecule has 15 N–H and O–H groups in total. The lowest BCUT2D eigenvalue weighted by Crippen LogP contribution is -2.62. The Morgan fingerprint density at radius 2 is 0.915 bits per heavy atom. The molecule has 0 aromatic rings. The molecule has 0 saturated heterocycles. The predicted molar refractivity (Wildman–Crippen MR) is 153 cm³/mol. The van der Waals surface area contributed by atoms with Crippen LogP contribution in [0.1, 0.15) is 19.8 Å². The number of carbonyl (C=O) groups excluding carboxylic acids is 4. The Kier molecular flexibility index (Phi) is 18.9. The van der Waals surface area contributed by atoms with Crippen LogP contribution in [0, 0.1) is 5.92 Å². The highest BCUT2D eigenvalue weighted by Crippen LogP contribution is 2.11. The van der Waals surface area contributed by atoms with Gasteiger partial charge in [-0.1, -0.05) is 6.92 Å². The fourth-order valence-electron chi connectivity index (χ4n) is 3.60. The molecule has 0 aromatic carbocycles. The average Bonchev–Trinajstić information content (AvgIpc) is 3.01. The van der Waals surface area contributed by atoms with Gasteiger partial charge in [0.2, 0.25) is 23.6 Å². The topological polar surface area (TPSA) is 390 Å². The molecule has 23 heteroatoms. The Hall–Kier alpha value is -3.68. The zero-order chi connectivity index (χ0) is 36.8. The molecule has 0 rings (SSSR count). The van der Waals surface area contributed by atoms with Crippen molar-refractivity contribution in [3.63, 3.8) is 0 Å². The standard InChI is InChI=1S/C24H40N4O18S/c1-7(22(41)42)2-12(33)27-14(18(37)16(35)10(31)4-29)20(39)25-8(23(43)44)3-13(34)28-15(19(38)17(36)11(32)5-30)21(40)26-9(6-47)24(45)46/h7-11,14-19,29-32,35-38,47H,2-6H2,1H3,(H,25,39)(H,26,40)(H,27,33)(H,28,34)(H,41,42)(H,43,44)(H,45,46)/t7?,8-,9-,10+,11+,14-,15-,16+,17+,18+,19+/m0/s1. The van der Waals surface area contributed by atoms with Gasteiger partial charge < -0.3 is 77.4 Å². The minimum Gasteiger partial charge on any atom is -0.481 e. The fourth-order valence-corrected chi connectivity index (χ4v) is 3.85. The number of carboxylic acid groups (broad SMARTS) is 3. The van der Waals surface area contributed by atoms with E-state index in [9.17, 15) is 69.3 Å². The third-order valence-electron chi connectivity index (χ3n) is 6.46. The number of carbonyl (C=O) groups is 7. The number of aliphatic hydroxyl groups excluding tert-OH is 8. The van der Waals surface area contributed by atoms with Crippen LogP contribution in [0.4, 0.5) is 0 Å². The van der Waals surface area contributed by atoms with Crippen molar-refractivity contribution in [3.8, 4) is 0 Å². The SMILES string of the molecule is CC(CC(=O)N[C@H](C(=O)N[C@@H](CC(=O)N[C@H](C(=O)N[C@@H](CS)C(=O)O)[C@@H](O)[C@H](O)[C@H](O)CO)C(=O)O)[C@@H](O)[C@H](O)[C@H](O)CO)C(=O)O. The molecule has 0 saturated carbocycles. The zero-order valence-electron chi connectivity index (χ0n) is 24.6. The molecule has 1 unspecified atom stereocenters.